The third kappa shape index (κ3) is 3.03. The van der Waals surface area contributed by atoms with Gasteiger partial charge in [-0.25, -0.2) is 0 Å². The first-order chi connectivity index (χ1) is 10.3. The largest absolute Gasteiger partial charge is 0.313 e. The van der Waals surface area contributed by atoms with Crippen LogP contribution in [-0.4, -0.2) is 36.6 Å². The molecular formula is C19H34N2. The predicted molar refractivity (Wildman–Crippen MR) is 88.3 cm³/mol. The molecule has 120 valence electrons. The maximum Gasteiger partial charge on any atom is 0.0124 e. The first kappa shape index (κ1) is 14.5. The Morgan fingerprint density at radius 2 is 1.67 bits per heavy atom. The summed E-state index contributed by atoms with van der Waals surface area (Å²) in [6, 6.07) is 1.72. The first-order valence-electron chi connectivity index (χ1n) is 9.77. The highest BCUT2D eigenvalue weighted by atomic mass is 15.2. The Balaban J connectivity index is 1.21. The molecule has 5 fully saturated rings. The third-order valence-corrected chi connectivity index (χ3v) is 7.17. The lowest BCUT2D eigenvalue weighted by Crippen LogP contribution is -2.54. The normalized spacial score (nSPS) is 46.1. The second-order valence-electron chi connectivity index (χ2n) is 8.64. The van der Waals surface area contributed by atoms with Crippen molar-refractivity contribution < 1.29 is 0 Å². The van der Waals surface area contributed by atoms with Crippen molar-refractivity contribution in [3.63, 3.8) is 0 Å². The molecule has 1 saturated heterocycles. The maximum atomic E-state index is 3.99. The van der Waals surface area contributed by atoms with Crippen molar-refractivity contribution in [1.29, 1.82) is 0 Å². The Morgan fingerprint density at radius 1 is 0.952 bits per heavy atom. The standard InChI is InChI=1S/C19H34N2/c1-14-5-2-3-7-21(14)8-4-6-20-19-17-10-15-9-16(12-17)13-18(19)11-15/h14-20H,2-13H2,1H3. The van der Waals surface area contributed by atoms with Gasteiger partial charge in [-0.1, -0.05) is 6.42 Å². The second-order valence-corrected chi connectivity index (χ2v) is 8.64. The van der Waals surface area contributed by atoms with Gasteiger partial charge in [0, 0.05) is 12.1 Å². The van der Waals surface area contributed by atoms with Crippen molar-refractivity contribution in [2.75, 3.05) is 19.6 Å². The molecule has 1 heterocycles. The molecule has 4 saturated carbocycles. The molecule has 2 nitrogen and oxygen atoms in total. The number of likely N-dealkylation sites (tertiary alicyclic amines) is 1. The van der Waals surface area contributed by atoms with E-state index in [1.807, 2.05) is 0 Å². The number of nitrogens with zero attached hydrogens (tertiary/aromatic N) is 1. The summed E-state index contributed by atoms with van der Waals surface area (Å²) >= 11 is 0. The Kier molecular flexibility index (Phi) is 4.28. The summed E-state index contributed by atoms with van der Waals surface area (Å²) in [6.45, 7) is 6.35. The molecular weight excluding hydrogens is 256 g/mol. The summed E-state index contributed by atoms with van der Waals surface area (Å²) < 4.78 is 0. The molecule has 4 bridgehead atoms. The lowest BCUT2D eigenvalue weighted by molar-refractivity contribution is -0.0138. The van der Waals surface area contributed by atoms with Crippen LogP contribution in [0.4, 0.5) is 0 Å². The fourth-order valence-electron chi connectivity index (χ4n) is 6.30. The SMILES string of the molecule is CC1CCCCN1CCCNC1C2CC3CC(C2)CC1C3. The van der Waals surface area contributed by atoms with Crippen LogP contribution in [0.25, 0.3) is 0 Å². The van der Waals surface area contributed by atoms with E-state index in [0.29, 0.717) is 0 Å². The molecule has 0 aromatic rings. The second kappa shape index (κ2) is 6.20. The van der Waals surface area contributed by atoms with E-state index in [2.05, 4.69) is 17.1 Å². The van der Waals surface area contributed by atoms with Crippen LogP contribution in [0.3, 0.4) is 0 Å². The van der Waals surface area contributed by atoms with Gasteiger partial charge in [0.2, 0.25) is 0 Å². The van der Waals surface area contributed by atoms with E-state index in [0.717, 1.165) is 35.8 Å². The third-order valence-electron chi connectivity index (χ3n) is 7.17. The molecule has 4 aliphatic carbocycles. The molecule has 2 heteroatoms. The zero-order valence-electron chi connectivity index (χ0n) is 13.9. The van der Waals surface area contributed by atoms with Gasteiger partial charge in [0.15, 0.2) is 0 Å². The van der Waals surface area contributed by atoms with E-state index in [9.17, 15) is 0 Å². The van der Waals surface area contributed by atoms with E-state index < -0.39 is 0 Å². The highest BCUT2D eigenvalue weighted by Gasteiger charge is 2.47. The van der Waals surface area contributed by atoms with Crippen molar-refractivity contribution in [2.45, 2.75) is 76.8 Å². The minimum Gasteiger partial charge on any atom is -0.313 e. The van der Waals surface area contributed by atoms with Gasteiger partial charge in [0.1, 0.15) is 0 Å². The van der Waals surface area contributed by atoms with Crippen molar-refractivity contribution in [3.8, 4) is 0 Å². The maximum absolute atomic E-state index is 3.99. The van der Waals surface area contributed by atoms with Crippen molar-refractivity contribution in [1.82, 2.24) is 10.2 Å². The molecule has 1 atom stereocenters. The molecule has 1 aliphatic heterocycles. The lowest BCUT2D eigenvalue weighted by Gasteiger charge is -2.54. The van der Waals surface area contributed by atoms with Gasteiger partial charge < -0.3 is 10.2 Å². The van der Waals surface area contributed by atoms with E-state index in [1.165, 1.54) is 45.3 Å². The molecule has 0 spiro atoms. The number of rotatable bonds is 5. The minimum atomic E-state index is 0.833. The fourth-order valence-corrected chi connectivity index (χ4v) is 6.30. The zero-order chi connectivity index (χ0) is 14.2. The van der Waals surface area contributed by atoms with Gasteiger partial charge in [-0.15, -0.1) is 0 Å². The Labute approximate surface area is 131 Å². The van der Waals surface area contributed by atoms with Crippen LogP contribution >= 0.6 is 0 Å². The van der Waals surface area contributed by atoms with E-state index in [1.54, 1.807) is 32.1 Å². The smallest absolute Gasteiger partial charge is 0.0124 e. The Hall–Kier alpha value is -0.0800. The van der Waals surface area contributed by atoms with Crippen molar-refractivity contribution >= 4 is 0 Å². The highest BCUT2D eigenvalue weighted by molar-refractivity contribution is 5.01. The molecule has 0 radical (unpaired) electrons. The van der Waals surface area contributed by atoms with Gasteiger partial charge >= 0.3 is 0 Å². The number of nitrogens with one attached hydrogen (secondary N) is 1. The summed E-state index contributed by atoms with van der Waals surface area (Å²) in [5.41, 5.74) is 0. The molecule has 0 aromatic carbocycles. The van der Waals surface area contributed by atoms with Crippen molar-refractivity contribution in [3.05, 3.63) is 0 Å². The lowest BCUT2D eigenvalue weighted by atomic mass is 9.54. The van der Waals surface area contributed by atoms with Crippen LogP contribution < -0.4 is 5.32 Å². The Bertz CT molecular complexity index is 325. The number of hydrogen-bond acceptors (Lipinski definition) is 2. The summed E-state index contributed by atoms with van der Waals surface area (Å²) in [7, 11) is 0. The molecule has 0 amide bonds. The van der Waals surface area contributed by atoms with Gasteiger partial charge in [-0.2, -0.15) is 0 Å². The summed E-state index contributed by atoms with van der Waals surface area (Å²) in [6.07, 6.45) is 13.4. The average molecular weight is 290 g/mol. The van der Waals surface area contributed by atoms with Crippen molar-refractivity contribution in [2.24, 2.45) is 23.7 Å². The van der Waals surface area contributed by atoms with Gasteiger partial charge in [0.25, 0.3) is 0 Å². The topological polar surface area (TPSA) is 15.3 Å². The van der Waals surface area contributed by atoms with Crippen LogP contribution in [0, 0.1) is 23.7 Å². The van der Waals surface area contributed by atoms with Gasteiger partial charge in [0.05, 0.1) is 0 Å². The number of piperidine rings is 1. The van der Waals surface area contributed by atoms with E-state index in [4.69, 9.17) is 0 Å². The van der Waals surface area contributed by atoms with E-state index >= 15 is 0 Å². The zero-order valence-corrected chi connectivity index (χ0v) is 13.9. The van der Waals surface area contributed by atoms with Crippen LogP contribution in [0.15, 0.2) is 0 Å². The molecule has 5 aliphatic rings. The van der Waals surface area contributed by atoms with E-state index in [-0.39, 0.29) is 0 Å². The highest BCUT2D eigenvalue weighted by Crippen LogP contribution is 2.53. The van der Waals surface area contributed by atoms with Crippen LogP contribution in [-0.2, 0) is 0 Å². The number of hydrogen-bond donors (Lipinski definition) is 1. The molecule has 5 rings (SSSR count). The van der Waals surface area contributed by atoms with Crippen LogP contribution in [0.2, 0.25) is 0 Å². The monoisotopic (exact) mass is 290 g/mol. The predicted octanol–water partition coefficient (Wildman–Crippen LogP) is 3.67. The fraction of sp³-hybridized carbons (Fsp3) is 1.00. The summed E-state index contributed by atoms with van der Waals surface area (Å²) in [4.78, 5) is 2.72. The molecule has 1 N–H and O–H groups in total. The molecule has 21 heavy (non-hydrogen) atoms. The van der Waals surface area contributed by atoms with Crippen LogP contribution in [0.5, 0.6) is 0 Å². The summed E-state index contributed by atoms with van der Waals surface area (Å²) in [5, 5.41) is 3.99. The first-order valence-corrected chi connectivity index (χ1v) is 9.77. The summed E-state index contributed by atoms with van der Waals surface area (Å²) in [5.74, 6) is 4.30. The van der Waals surface area contributed by atoms with Crippen LogP contribution in [0.1, 0.15) is 64.7 Å². The van der Waals surface area contributed by atoms with Gasteiger partial charge in [-0.05, 0) is 102 Å². The Morgan fingerprint density at radius 3 is 2.33 bits per heavy atom. The molecule has 1 unspecified atom stereocenters. The minimum absolute atomic E-state index is 0.833. The quantitative estimate of drug-likeness (QED) is 0.777. The average Bonchev–Trinajstić information content (AvgIpc) is 2.47. The van der Waals surface area contributed by atoms with Gasteiger partial charge in [-0.3, -0.25) is 0 Å². The molecule has 0 aromatic heterocycles.